The second-order valence-electron chi connectivity index (χ2n) is 8.16. The number of halogens is 1. The first-order chi connectivity index (χ1) is 13.7. The number of hydrogen-bond donors (Lipinski definition) is 0. The third-order valence-electron chi connectivity index (χ3n) is 6.23. The molecule has 1 saturated heterocycles. The molecular weight excluding hydrogens is 458 g/mol. The minimum Gasteiger partial charge on any atom is -0.454 e. The highest BCUT2D eigenvalue weighted by Crippen LogP contribution is 2.41. The van der Waals surface area contributed by atoms with E-state index in [4.69, 9.17) is 4.74 Å². The van der Waals surface area contributed by atoms with Crippen LogP contribution in [0.3, 0.4) is 0 Å². The number of amides is 1. The quantitative estimate of drug-likeness (QED) is 0.591. The Morgan fingerprint density at radius 2 is 1.62 bits per heavy atom. The number of carbonyl (C=O) groups is 2. The lowest BCUT2D eigenvalue weighted by molar-refractivity contribution is -0.156. The van der Waals surface area contributed by atoms with E-state index in [0.29, 0.717) is 12.8 Å². The third kappa shape index (κ3) is 4.24. The van der Waals surface area contributed by atoms with Crippen molar-refractivity contribution in [3.63, 3.8) is 0 Å². The van der Waals surface area contributed by atoms with Gasteiger partial charge in [-0.3, -0.25) is 9.59 Å². The molecule has 1 heterocycles. The minimum atomic E-state index is -3.93. The van der Waals surface area contributed by atoms with E-state index >= 15 is 0 Å². The van der Waals surface area contributed by atoms with Crippen LogP contribution in [0, 0.1) is 0 Å². The zero-order valence-electron chi connectivity index (χ0n) is 16.9. The molecule has 29 heavy (non-hydrogen) atoms. The van der Waals surface area contributed by atoms with Crippen molar-refractivity contribution in [2.45, 2.75) is 80.5 Å². The fourth-order valence-corrected chi connectivity index (χ4v) is 6.93. The smallest absolute Gasteiger partial charge is 0.328 e. The molecule has 0 unspecified atom stereocenters. The fourth-order valence-electron chi connectivity index (χ4n) is 4.61. The Bertz CT molecular complexity index is 852. The number of benzene rings is 1. The van der Waals surface area contributed by atoms with Crippen LogP contribution in [-0.4, -0.2) is 48.6 Å². The third-order valence-corrected chi connectivity index (χ3v) is 9.25. The summed E-state index contributed by atoms with van der Waals surface area (Å²) in [5, 5.41) is 0. The lowest BCUT2D eigenvalue weighted by Crippen LogP contribution is -2.50. The summed E-state index contributed by atoms with van der Waals surface area (Å²) in [5.74, 6) is -1.06. The molecule has 0 N–H and O–H groups in total. The molecule has 2 aliphatic rings. The maximum Gasteiger partial charge on any atom is 0.328 e. The summed E-state index contributed by atoms with van der Waals surface area (Å²) in [5.41, 5.74) is 0. The van der Waals surface area contributed by atoms with Crippen LogP contribution in [0.15, 0.2) is 33.6 Å². The van der Waals surface area contributed by atoms with Crippen LogP contribution < -0.4 is 0 Å². The number of likely N-dealkylation sites (tertiary alicyclic amines) is 1. The van der Waals surface area contributed by atoms with Crippen LogP contribution in [0.2, 0.25) is 0 Å². The van der Waals surface area contributed by atoms with E-state index in [0.717, 1.165) is 23.7 Å². The molecule has 2 fully saturated rings. The first kappa shape index (κ1) is 22.3. The molecule has 0 aromatic heterocycles. The summed E-state index contributed by atoms with van der Waals surface area (Å²) in [6.45, 7) is 3.57. The summed E-state index contributed by atoms with van der Waals surface area (Å²) in [4.78, 5) is 27.6. The van der Waals surface area contributed by atoms with Gasteiger partial charge in [0, 0.05) is 16.6 Å². The monoisotopic (exact) mass is 485 g/mol. The number of carbonyl (C=O) groups excluding carboxylic acids is 2. The molecule has 0 spiro atoms. The Kier molecular flexibility index (Phi) is 6.73. The summed E-state index contributed by atoms with van der Waals surface area (Å²) in [6.07, 6.45) is 4.63. The van der Waals surface area contributed by atoms with Gasteiger partial charge in [-0.2, -0.15) is 0 Å². The average Bonchev–Trinajstić information content (AvgIpc) is 3.18. The van der Waals surface area contributed by atoms with Crippen LogP contribution in [0.4, 0.5) is 0 Å². The first-order valence-corrected chi connectivity index (χ1v) is 12.5. The Labute approximate surface area is 181 Å². The molecule has 1 saturated carbocycles. The van der Waals surface area contributed by atoms with Gasteiger partial charge in [0.2, 0.25) is 0 Å². The predicted octanol–water partition coefficient (Wildman–Crippen LogP) is 3.87. The molecule has 1 amide bonds. The van der Waals surface area contributed by atoms with Crippen LogP contribution in [-0.2, 0) is 24.2 Å². The maximum atomic E-state index is 13.3. The van der Waals surface area contributed by atoms with Gasteiger partial charge in [0.1, 0.15) is 0 Å². The summed E-state index contributed by atoms with van der Waals surface area (Å²) >= 11 is 3.30. The first-order valence-electron chi connectivity index (χ1n) is 10.2. The van der Waals surface area contributed by atoms with Crippen molar-refractivity contribution in [3.8, 4) is 0 Å². The van der Waals surface area contributed by atoms with E-state index in [1.807, 2.05) is 13.8 Å². The zero-order chi connectivity index (χ0) is 21.2. The van der Waals surface area contributed by atoms with Crippen molar-refractivity contribution < 1.29 is 22.7 Å². The highest BCUT2D eigenvalue weighted by Gasteiger charge is 2.54. The van der Waals surface area contributed by atoms with Crippen molar-refractivity contribution in [3.05, 3.63) is 28.7 Å². The number of piperidine rings is 1. The van der Waals surface area contributed by atoms with Crippen molar-refractivity contribution in [2.24, 2.45) is 0 Å². The highest BCUT2D eigenvalue weighted by molar-refractivity contribution is 9.10. The van der Waals surface area contributed by atoms with Gasteiger partial charge in [0.15, 0.2) is 21.2 Å². The molecule has 2 atom stereocenters. The van der Waals surface area contributed by atoms with E-state index in [-0.39, 0.29) is 35.7 Å². The van der Waals surface area contributed by atoms with Crippen molar-refractivity contribution in [2.75, 3.05) is 6.61 Å². The lowest BCUT2D eigenvalue weighted by Gasteiger charge is -2.39. The molecule has 1 aliphatic carbocycles. The van der Waals surface area contributed by atoms with Crippen LogP contribution in [0.1, 0.15) is 58.8 Å². The second-order valence-corrected chi connectivity index (χ2v) is 11.3. The van der Waals surface area contributed by atoms with Gasteiger partial charge in [-0.05, 0) is 70.2 Å². The standard InChI is InChI=1S/C21H28BrNO5S/c1-15-6-5-7-16(2)23(15)19(24)14-28-20(25)21(12-3-4-13-21)29(26,27)18-10-8-17(22)9-11-18/h8-11,15-16H,3-7,12-14H2,1-2H3/t15-,16-/m1/s1. The van der Waals surface area contributed by atoms with Crippen LogP contribution in [0.5, 0.6) is 0 Å². The van der Waals surface area contributed by atoms with E-state index in [1.54, 1.807) is 17.0 Å². The molecule has 0 bridgehead atoms. The summed E-state index contributed by atoms with van der Waals surface area (Å²) in [7, 11) is -3.93. The highest BCUT2D eigenvalue weighted by atomic mass is 79.9. The van der Waals surface area contributed by atoms with Crippen LogP contribution in [0.25, 0.3) is 0 Å². The number of hydrogen-bond acceptors (Lipinski definition) is 5. The Morgan fingerprint density at radius 1 is 1.07 bits per heavy atom. The Morgan fingerprint density at radius 3 is 2.17 bits per heavy atom. The number of esters is 1. The SMILES string of the molecule is C[C@@H]1CCC[C@@H](C)N1C(=O)COC(=O)C1(S(=O)(=O)c2ccc(Br)cc2)CCCC1. The average molecular weight is 486 g/mol. The summed E-state index contributed by atoms with van der Waals surface area (Å²) in [6, 6.07) is 6.46. The number of ether oxygens (including phenoxy) is 1. The van der Waals surface area contributed by atoms with Gasteiger partial charge in [-0.1, -0.05) is 28.8 Å². The van der Waals surface area contributed by atoms with Gasteiger partial charge >= 0.3 is 5.97 Å². The molecule has 3 rings (SSSR count). The van der Waals surface area contributed by atoms with Crippen molar-refractivity contribution in [1.29, 1.82) is 0 Å². The van der Waals surface area contributed by atoms with Crippen LogP contribution >= 0.6 is 15.9 Å². The molecule has 1 aromatic rings. The molecule has 8 heteroatoms. The molecule has 0 radical (unpaired) electrons. The molecule has 1 aliphatic heterocycles. The van der Waals surface area contributed by atoms with E-state index in [9.17, 15) is 18.0 Å². The summed E-state index contributed by atoms with van der Waals surface area (Å²) < 4.78 is 31.2. The largest absolute Gasteiger partial charge is 0.454 e. The Balaban J connectivity index is 1.77. The predicted molar refractivity (Wildman–Crippen MR) is 113 cm³/mol. The van der Waals surface area contributed by atoms with Gasteiger partial charge in [0.25, 0.3) is 5.91 Å². The van der Waals surface area contributed by atoms with Gasteiger partial charge in [0.05, 0.1) is 4.90 Å². The number of sulfone groups is 1. The van der Waals surface area contributed by atoms with Gasteiger partial charge in [-0.25, -0.2) is 8.42 Å². The fraction of sp³-hybridized carbons (Fsp3) is 0.619. The number of rotatable bonds is 5. The van der Waals surface area contributed by atoms with E-state index < -0.39 is 27.2 Å². The minimum absolute atomic E-state index is 0.0943. The van der Waals surface area contributed by atoms with Gasteiger partial charge < -0.3 is 9.64 Å². The topological polar surface area (TPSA) is 80.8 Å². The Hall–Kier alpha value is -1.41. The lowest BCUT2D eigenvalue weighted by atomic mass is 9.97. The van der Waals surface area contributed by atoms with E-state index in [1.165, 1.54) is 12.1 Å². The number of nitrogens with zero attached hydrogens (tertiary/aromatic N) is 1. The van der Waals surface area contributed by atoms with Gasteiger partial charge in [-0.15, -0.1) is 0 Å². The molecule has 1 aromatic carbocycles. The molecule has 6 nitrogen and oxygen atoms in total. The molecule has 160 valence electrons. The molecular formula is C21H28BrNO5S. The van der Waals surface area contributed by atoms with Crippen molar-refractivity contribution in [1.82, 2.24) is 4.90 Å². The maximum absolute atomic E-state index is 13.3. The normalized spacial score (nSPS) is 24.3. The zero-order valence-corrected chi connectivity index (χ0v) is 19.3. The van der Waals surface area contributed by atoms with E-state index in [2.05, 4.69) is 15.9 Å². The second kappa shape index (κ2) is 8.76. The van der Waals surface area contributed by atoms with Crippen molar-refractivity contribution >= 4 is 37.6 Å².